The molecule has 1 rings (SSSR count). The van der Waals surface area contributed by atoms with E-state index in [1.165, 1.54) is 0 Å². The minimum absolute atomic E-state index is 0.120. The smallest absolute Gasteiger partial charge is 0.254 e. The molecule has 0 bridgehead atoms. The number of carbonyl (C=O) groups is 1. The molecular weight excluding hydrogens is 234 g/mol. The van der Waals surface area contributed by atoms with E-state index in [2.05, 4.69) is 6.92 Å². The lowest BCUT2D eigenvalue weighted by molar-refractivity contribution is 0.0764. The minimum atomic E-state index is 0.120. The molecule has 0 saturated carbocycles. The van der Waals surface area contributed by atoms with E-state index in [-0.39, 0.29) is 5.91 Å². The topological polar surface area (TPSA) is 20.3 Å². The first-order chi connectivity index (χ1) is 8.24. The number of rotatable bonds is 6. The van der Waals surface area contributed by atoms with Crippen molar-refractivity contribution in [1.29, 1.82) is 0 Å². The van der Waals surface area contributed by atoms with Crippen molar-refractivity contribution in [2.24, 2.45) is 0 Å². The Kier molecular flexibility index (Phi) is 6.06. The van der Waals surface area contributed by atoms with E-state index in [0.29, 0.717) is 5.88 Å². The summed E-state index contributed by atoms with van der Waals surface area (Å²) in [5, 5.41) is 0. The molecular formula is C14H20ClNO. The molecule has 1 aromatic rings. The second-order valence-corrected chi connectivity index (χ2v) is 4.32. The summed E-state index contributed by atoms with van der Waals surface area (Å²) in [7, 11) is 0. The van der Waals surface area contributed by atoms with Crippen LogP contribution in [0.2, 0.25) is 0 Å². The molecule has 17 heavy (non-hydrogen) atoms. The monoisotopic (exact) mass is 253 g/mol. The van der Waals surface area contributed by atoms with Crippen molar-refractivity contribution in [3.05, 3.63) is 35.4 Å². The van der Waals surface area contributed by atoms with E-state index < -0.39 is 0 Å². The molecule has 1 amide bonds. The summed E-state index contributed by atoms with van der Waals surface area (Å²) in [4.78, 5) is 14.2. The van der Waals surface area contributed by atoms with E-state index in [4.69, 9.17) is 11.6 Å². The lowest BCUT2D eigenvalue weighted by atomic mass is 10.0. The largest absolute Gasteiger partial charge is 0.339 e. The molecule has 0 atom stereocenters. The minimum Gasteiger partial charge on any atom is -0.339 e. The molecule has 0 aliphatic rings. The summed E-state index contributed by atoms with van der Waals surface area (Å²) >= 11 is 5.67. The Balaban J connectivity index is 2.85. The predicted octanol–water partition coefficient (Wildman–Crippen LogP) is 3.34. The highest BCUT2D eigenvalue weighted by Gasteiger charge is 2.15. The van der Waals surface area contributed by atoms with Crippen LogP contribution in [0.25, 0.3) is 0 Å². The summed E-state index contributed by atoms with van der Waals surface area (Å²) in [5.41, 5.74) is 1.94. The van der Waals surface area contributed by atoms with Crippen LogP contribution in [0.1, 0.15) is 36.2 Å². The van der Waals surface area contributed by atoms with E-state index in [1.807, 2.05) is 36.1 Å². The van der Waals surface area contributed by atoms with Crippen molar-refractivity contribution in [3.63, 3.8) is 0 Å². The van der Waals surface area contributed by atoms with Crippen molar-refractivity contribution in [3.8, 4) is 0 Å². The molecule has 0 radical (unpaired) electrons. The lowest BCUT2D eigenvalue weighted by Crippen LogP contribution is -2.32. The molecule has 0 aromatic heterocycles. The molecule has 0 unspecified atom stereocenters. The fourth-order valence-corrected chi connectivity index (χ4v) is 1.98. The average molecular weight is 254 g/mol. The Morgan fingerprint density at radius 3 is 2.59 bits per heavy atom. The van der Waals surface area contributed by atoms with Gasteiger partial charge in [-0.2, -0.15) is 0 Å². The Labute approximate surface area is 109 Å². The highest BCUT2D eigenvalue weighted by Crippen LogP contribution is 2.12. The van der Waals surface area contributed by atoms with Crippen LogP contribution in [0.5, 0.6) is 0 Å². The van der Waals surface area contributed by atoms with Crippen LogP contribution in [0, 0.1) is 0 Å². The van der Waals surface area contributed by atoms with Gasteiger partial charge in [-0.05, 0) is 31.4 Å². The number of aryl methyl sites for hydroxylation is 1. The quantitative estimate of drug-likeness (QED) is 0.712. The molecule has 0 saturated heterocycles. The standard InChI is InChI=1S/C14H20ClNO/c1-3-12-8-5-6-9-13(12)14(17)16(4-2)11-7-10-15/h5-6,8-9H,3-4,7,10-11H2,1-2H3. The van der Waals surface area contributed by atoms with Crippen LogP contribution in [0.3, 0.4) is 0 Å². The molecule has 0 fully saturated rings. The highest BCUT2D eigenvalue weighted by atomic mass is 35.5. The van der Waals surface area contributed by atoms with Gasteiger partial charge in [0.05, 0.1) is 0 Å². The van der Waals surface area contributed by atoms with Gasteiger partial charge in [-0.25, -0.2) is 0 Å². The van der Waals surface area contributed by atoms with Crippen LogP contribution in [-0.2, 0) is 6.42 Å². The van der Waals surface area contributed by atoms with Crippen LogP contribution >= 0.6 is 11.6 Å². The van der Waals surface area contributed by atoms with E-state index in [9.17, 15) is 4.79 Å². The summed E-state index contributed by atoms with van der Waals surface area (Å²) in [6, 6.07) is 7.82. The van der Waals surface area contributed by atoms with Crippen LogP contribution in [0.15, 0.2) is 24.3 Å². The van der Waals surface area contributed by atoms with Gasteiger partial charge in [0.25, 0.3) is 5.91 Å². The van der Waals surface area contributed by atoms with Gasteiger partial charge in [0.2, 0.25) is 0 Å². The summed E-state index contributed by atoms with van der Waals surface area (Å²) in [6.45, 7) is 5.53. The third kappa shape index (κ3) is 3.74. The Bertz CT molecular complexity index is 365. The maximum Gasteiger partial charge on any atom is 0.254 e. The SMILES string of the molecule is CCc1ccccc1C(=O)N(CC)CCCCl. The summed E-state index contributed by atoms with van der Waals surface area (Å²) in [6.07, 6.45) is 1.73. The molecule has 2 nitrogen and oxygen atoms in total. The normalized spacial score (nSPS) is 10.3. The first kappa shape index (κ1) is 14.0. The van der Waals surface area contributed by atoms with Gasteiger partial charge in [0, 0.05) is 24.5 Å². The zero-order chi connectivity index (χ0) is 12.7. The van der Waals surface area contributed by atoms with Crippen molar-refractivity contribution in [2.75, 3.05) is 19.0 Å². The second kappa shape index (κ2) is 7.33. The molecule has 0 aliphatic heterocycles. The maximum absolute atomic E-state index is 12.3. The van der Waals surface area contributed by atoms with Crippen molar-refractivity contribution in [1.82, 2.24) is 4.90 Å². The summed E-state index contributed by atoms with van der Waals surface area (Å²) in [5.74, 6) is 0.717. The summed E-state index contributed by atoms with van der Waals surface area (Å²) < 4.78 is 0. The fourth-order valence-electron chi connectivity index (χ4n) is 1.86. The molecule has 0 aliphatic carbocycles. The Morgan fingerprint density at radius 2 is 2.00 bits per heavy atom. The van der Waals surface area contributed by atoms with Gasteiger partial charge < -0.3 is 4.90 Å². The van der Waals surface area contributed by atoms with Crippen LogP contribution in [0.4, 0.5) is 0 Å². The zero-order valence-electron chi connectivity index (χ0n) is 10.6. The Hall–Kier alpha value is -1.02. The molecule has 94 valence electrons. The molecule has 3 heteroatoms. The number of alkyl halides is 1. The fraction of sp³-hybridized carbons (Fsp3) is 0.500. The van der Waals surface area contributed by atoms with Gasteiger partial charge in [0.1, 0.15) is 0 Å². The number of hydrogen-bond donors (Lipinski definition) is 0. The lowest BCUT2D eigenvalue weighted by Gasteiger charge is -2.21. The number of carbonyl (C=O) groups excluding carboxylic acids is 1. The van der Waals surface area contributed by atoms with E-state index >= 15 is 0 Å². The van der Waals surface area contributed by atoms with Crippen molar-refractivity contribution >= 4 is 17.5 Å². The average Bonchev–Trinajstić information content (AvgIpc) is 2.39. The first-order valence-corrected chi connectivity index (χ1v) is 6.71. The number of halogens is 1. The number of benzene rings is 1. The molecule has 1 aromatic carbocycles. The number of amides is 1. The highest BCUT2D eigenvalue weighted by molar-refractivity contribution is 6.17. The molecule has 0 N–H and O–H groups in total. The predicted molar refractivity (Wildman–Crippen MR) is 72.7 cm³/mol. The zero-order valence-corrected chi connectivity index (χ0v) is 11.3. The van der Waals surface area contributed by atoms with E-state index in [0.717, 1.165) is 37.1 Å². The van der Waals surface area contributed by atoms with Gasteiger partial charge in [-0.3, -0.25) is 4.79 Å². The third-order valence-electron chi connectivity index (χ3n) is 2.86. The van der Waals surface area contributed by atoms with Crippen LogP contribution < -0.4 is 0 Å². The first-order valence-electron chi connectivity index (χ1n) is 6.17. The number of hydrogen-bond acceptors (Lipinski definition) is 1. The molecule has 0 heterocycles. The van der Waals surface area contributed by atoms with Gasteiger partial charge in [0.15, 0.2) is 0 Å². The Morgan fingerprint density at radius 1 is 1.29 bits per heavy atom. The molecule has 0 spiro atoms. The van der Waals surface area contributed by atoms with Crippen LogP contribution in [-0.4, -0.2) is 29.8 Å². The van der Waals surface area contributed by atoms with E-state index in [1.54, 1.807) is 0 Å². The second-order valence-electron chi connectivity index (χ2n) is 3.94. The number of nitrogens with zero attached hydrogens (tertiary/aromatic N) is 1. The van der Waals surface area contributed by atoms with Crippen molar-refractivity contribution < 1.29 is 4.79 Å². The van der Waals surface area contributed by atoms with Crippen molar-refractivity contribution in [2.45, 2.75) is 26.7 Å². The third-order valence-corrected chi connectivity index (χ3v) is 3.13. The van der Waals surface area contributed by atoms with Gasteiger partial charge >= 0.3 is 0 Å². The maximum atomic E-state index is 12.3. The van der Waals surface area contributed by atoms with Gasteiger partial charge in [-0.15, -0.1) is 11.6 Å². The van der Waals surface area contributed by atoms with Gasteiger partial charge in [-0.1, -0.05) is 25.1 Å².